The van der Waals surface area contributed by atoms with Crippen molar-refractivity contribution in [3.05, 3.63) is 41.5 Å². The van der Waals surface area contributed by atoms with Gasteiger partial charge in [0.1, 0.15) is 5.75 Å². The van der Waals surface area contributed by atoms with E-state index in [1.807, 2.05) is 47.6 Å². The van der Waals surface area contributed by atoms with Gasteiger partial charge in [-0.05, 0) is 70.2 Å². The molecular formula is C22H28N4O3. The van der Waals surface area contributed by atoms with Crippen molar-refractivity contribution < 1.29 is 14.3 Å². The molecule has 0 bridgehead atoms. The third kappa shape index (κ3) is 4.13. The number of amides is 2. The van der Waals surface area contributed by atoms with E-state index in [4.69, 9.17) is 4.74 Å². The van der Waals surface area contributed by atoms with E-state index >= 15 is 0 Å². The Kier molecular flexibility index (Phi) is 5.56. The largest absolute Gasteiger partial charge is 0.491 e. The highest BCUT2D eigenvalue weighted by Gasteiger charge is 2.30. The number of carbonyl (C=O) groups excluding carboxylic acids is 2. The Morgan fingerprint density at radius 3 is 2.41 bits per heavy atom. The van der Waals surface area contributed by atoms with Crippen LogP contribution in [0, 0.1) is 0 Å². The molecule has 0 unspecified atom stereocenters. The van der Waals surface area contributed by atoms with Crippen LogP contribution < -0.4 is 10.1 Å². The van der Waals surface area contributed by atoms with Crippen molar-refractivity contribution in [1.82, 2.24) is 14.5 Å². The Morgan fingerprint density at radius 2 is 1.72 bits per heavy atom. The van der Waals surface area contributed by atoms with Gasteiger partial charge < -0.3 is 19.5 Å². The SMILES string of the molecule is CC(C)Oc1ccc(NC(=O)c2nc(C(=O)N3CCCC3)n3c2CCCC3)cc1. The molecule has 0 radical (unpaired) electrons. The summed E-state index contributed by atoms with van der Waals surface area (Å²) in [6.45, 7) is 6.23. The van der Waals surface area contributed by atoms with Gasteiger partial charge in [0.15, 0.2) is 11.5 Å². The zero-order valence-electron chi connectivity index (χ0n) is 17.1. The molecule has 2 amide bonds. The van der Waals surface area contributed by atoms with Crippen LogP contribution in [0.15, 0.2) is 24.3 Å². The summed E-state index contributed by atoms with van der Waals surface area (Å²) in [5.74, 6) is 0.844. The van der Waals surface area contributed by atoms with Gasteiger partial charge in [0, 0.05) is 25.3 Å². The summed E-state index contributed by atoms with van der Waals surface area (Å²) in [4.78, 5) is 32.3. The van der Waals surface area contributed by atoms with Crippen LogP contribution in [-0.4, -0.2) is 45.5 Å². The zero-order chi connectivity index (χ0) is 20.4. The summed E-state index contributed by atoms with van der Waals surface area (Å²) in [5, 5.41) is 2.92. The number of anilines is 1. The molecule has 4 rings (SSSR count). The molecule has 1 aromatic carbocycles. The summed E-state index contributed by atoms with van der Waals surface area (Å²) in [7, 11) is 0. The molecule has 1 N–H and O–H groups in total. The van der Waals surface area contributed by atoms with Crippen molar-refractivity contribution in [2.75, 3.05) is 18.4 Å². The summed E-state index contributed by atoms with van der Waals surface area (Å²) in [6.07, 6.45) is 4.93. The van der Waals surface area contributed by atoms with Crippen molar-refractivity contribution in [2.24, 2.45) is 0 Å². The molecular weight excluding hydrogens is 368 g/mol. The minimum atomic E-state index is -0.270. The van der Waals surface area contributed by atoms with Gasteiger partial charge in [0.2, 0.25) is 0 Å². The van der Waals surface area contributed by atoms with Crippen molar-refractivity contribution in [3.8, 4) is 5.75 Å². The summed E-state index contributed by atoms with van der Waals surface area (Å²) < 4.78 is 7.60. The lowest BCUT2D eigenvalue weighted by molar-refractivity contribution is 0.0774. The second-order valence-corrected chi connectivity index (χ2v) is 7.98. The fourth-order valence-electron chi connectivity index (χ4n) is 4.03. The second kappa shape index (κ2) is 8.27. The second-order valence-electron chi connectivity index (χ2n) is 7.98. The van der Waals surface area contributed by atoms with Gasteiger partial charge >= 0.3 is 0 Å². The molecule has 0 spiro atoms. The molecule has 3 heterocycles. The quantitative estimate of drug-likeness (QED) is 0.839. The molecule has 1 aromatic heterocycles. The molecule has 1 saturated heterocycles. The number of imidazole rings is 1. The molecule has 0 atom stereocenters. The molecule has 2 aromatic rings. The molecule has 2 aliphatic rings. The van der Waals surface area contributed by atoms with Gasteiger partial charge in [0.25, 0.3) is 11.8 Å². The van der Waals surface area contributed by atoms with Crippen molar-refractivity contribution in [3.63, 3.8) is 0 Å². The number of carbonyl (C=O) groups is 2. The zero-order valence-corrected chi connectivity index (χ0v) is 17.1. The smallest absolute Gasteiger partial charge is 0.289 e. The number of hydrogen-bond acceptors (Lipinski definition) is 4. The Bertz CT molecular complexity index is 896. The summed E-state index contributed by atoms with van der Waals surface area (Å²) in [5.41, 5.74) is 1.92. The molecule has 1 fully saturated rings. The van der Waals surface area contributed by atoms with Crippen LogP contribution in [0.5, 0.6) is 5.75 Å². The van der Waals surface area contributed by atoms with Crippen LogP contribution in [0.4, 0.5) is 5.69 Å². The highest BCUT2D eigenvalue weighted by Crippen LogP contribution is 2.24. The number of nitrogens with zero attached hydrogens (tertiary/aromatic N) is 3. The van der Waals surface area contributed by atoms with Crippen LogP contribution in [-0.2, 0) is 13.0 Å². The first-order chi connectivity index (χ1) is 14.0. The van der Waals surface area contributed by atoms with Gasteiger partial charge in [-0.15, -0.1) is 0 Å². The molecule has 2 aliphatic heterocycles. The topological polar surface area (TPSA) is 76.5 Å². The average molecular weight is 396 g/mol. The van der Waals surface area contributed by atoms with E-state index in [2.05, 4.69) is 10.3 Å². The van der Waals surface area contributed by atoms with Crippen molar-refractivity contribution in [2.45, 2.75) is 58.6 Å². The maximum absolute atomic E-state index is 13.0. The van der Waals surface area contributed by atoms with Gasteiger partial charge in [0.05, 0.1) is 11.8 Å². The number of hydrogen-bond donors (Lipinski definition) is 1. The Morgan fingerprint density at radius 1 is 1.03 bits per heavy atom. The molecule has 154 valence electrons. The van der Waals surface area contributed by atoms with E-state index in [-0.39, 0.29) is 17.9 Å². The van der Waals surface area contributed by atoms with E-state index in [0.717, 1.165) is 63.2 Å². The first-order valence-corrected chi connectivity index (χ1v) is 10.5. The minimum Gasteiger partial charge on any atom is -0.491 e. The van der Waals surface area contributed by atoms with Gasteiger partial charge in [-0.25, -0.2) is 4.98 Å². The number of nitrogens with one attached hydrogen (secondary N) is 1. The lowest BCUT2D eigenvalue weighted by Crippen LogP contribution is -2.31. The minimum absolute atomic E-state index is 0.0557. The number of aromatic nitrogens is 2. The first kappa shape index (κ1) is 19.5. The van der Waals surface area contributed by atoms with E-state index in [1.165, 1.54) is 0 Å². The number of benzene rings is 1. The van der Waals surface area contributed by atoms with E-state index in [1.54, 1.807) is 0 Å². The van der Waals surface area contributed by atoms with E-state index in [0.29, 0.717) is 17.2 Å². The molecule has 0 aliphatic carbocycles. The Hall–Kier alpha value is -2.83. The fourth-order valence-corrected chi connectivity index (χ4v) is 4.03. The maximum Gasteiger partial charge on any atom is 0.289 e. The number of fused-ring (bicyclic) bond motifs is 1. The maximum atomic E-state index is 13.0. The normalized spacial score (nSPS) is 16.0. The molecule has 7 nitrogen and oxygen atoms in total. The van der Waals surface area contributed by atoms with E-state index in [9.17, 15) is 9.59 Å². The highest BCUT2D eigenvalue weighted by molar-refractivity contribution is 6.05. The standard InChI is InChI=1S/C22H28N4O3/c1-15(2)29-17-10-8-16(9-11-17)23-21(27)19-18-7-3-4-14-26(18)20(24-19)22(28)25-12-5-6-13-25/h8-11,15H,3-7,12-14H2,1-2H3,(H,23,27). The molecule has 7 heteroatoms. The number of likely N-dealkylation sites (tertiary alicyclic amines) is 1. The lowest BCUT2D eigenvalue weighted by Gasteiger charge is -2.19. The Labute approximate surface area is 171 Å². The third-order valence-corrected chi connectivity index (χ3v) is 5.40. The van der Waals surface area contributed by atoms with Gasteiger partial charge in [-0.2, -0.15) is 0 Å². The van der Waals surface area contributed by atoms with Crippen molar-refractivity contribution >= 4 is 17.5 Å². The van der Waals surface area contributed by atoms with Crippen LogP contribution in [0.25, 0.3) is 0 Å². The lowest BCUT2D eigenvalue weighted by atomic mass is 10.1. The summed E-state index contributed by atoms with van der Waals surface area (Å²) >= 11 is 0. The average Bonchev–Trinajstić information content (AvgIpc) is 3.37. The molecule has 29 heavy (non-hydrogen) atoms. The van der Waals surface area contributed by atoms with Crippen LogP contribution in [0.1, 0.15) is 66.3 Å². The fraction of sp³-hybridized carbons (Fsp3) is 0.500. The highest BCUT2D eigenvalue weighted by atomic mass is 16.5. The molecule has 0 saturated carbocycles. The first-order valence-electron chi connectivity index (χ1n) is 10.5. The Balaban J connectivity index is 1.55. The summed E-state index contributed by atoms with van der Waals surface area (Å²) in [6, 6.07) is 7.30. The van der Waals surface area contributed by atoms with Gasteiger partial charge in [-0.1, -0.05) is 0 Å². The van der Waals surface area contributed by atoms with Crippen LogP contribution in [0.3, 0.4) is 0 Å². The van der Waals surface area contributed by atoms with Crippen molar-refractivity contribution in [1.29, 1.82) is 0 Å². The number of ether oxygens (including phenoxy) is 1. The number of rotatable bonds is 5. The van der Waals surface area contributed by atoms with Crippen LogP contribution in [0.2, 0.25) is 0 Å². The third-order valence-electron chi connectivity index (χ3n) is 5.40. The van der Waals surface area contributed by atoms with Crippen LogP contribution >= 0.6 is 0 Å². The van der Waals surface area contributed by atoms with E-state index < -0.39 is 0 Å². The predicted molar refractivity (Wildman–Crippen MR) is 110 cm³/mol. The monoisotopic (exact) mass is 396 g/mol. The predicted octanol–water partition coefficient (Wildman–Crippen LogP) is 3.49. The van der Waals surface area contributed by atoms with Gasteiger partial charge in [-0.3, -0.25) is 9.59 Å².